The Labute approximate surface area is 182 Å². The molecule has 168 valence electrons. The lowest BCUT2D eigenvalue weighted by molar-refractivity contribution is -0.171. The molecule has 0 spiro atoms. The molecule has 3 rings (SSSR count). The quantitative estimate of drug-likeness (QED) is 0.345. The van der Waals surface area contributed by atoms with Crippen molar-refractivity contribution in [3.63, 3.8) is 0 Å². The number of aliphatic hydroxyl groups is 1. The number of hydrogen-bond donors (Lipinski definition) is 1. The van der Waals surface area contributed by atoms with Crippen molar-refractivity contribution in [3.8, 4) is 0 Å². The molecular weight excluding hydrogens is 437 g/mol. The van der Waals surface area contributed by atoms with Gasteiger partial charge in [-0.3, -0.25) is 9.69 Å². The van der Waals surface area contributed by atoms with E-state index in [9.17, 15) is 23.9 Å². The van der Waals surface area contributed by atoms with Gasteiger partial charge in [-0.1, -0.05) is 29.9 Å². The van der Waals surface area contributed by atoms with Gasteiger partial charge < -0.3 is 19.3 Å². The molecule has 2 unspecified atom stereocenters. The minimum atomic E-state index is -1.31. The largest absolute Gasteiger partial charge is 0.511 e. The van der Waals surface area contributed by atoms with Crippen LogP contribution in [-0.4, -0.2) is 57.4 Å². The van der Waals surface area contributed by atoms with Crippen molar-refractivity contribution in [2.75, 3.05) is 0 Å². The third-order valence-electron chi connectivity index (χ3n) is 5.08. The molecule has 1 saturated carbocycles. The van der Waals surface area contributed by atoms with Crippen molar-refractivity contribution in [1.29, 1.82) is 0 Å². The highest BCUT2D eigenvalue weighted by Crippen LogP contribution is 2.54. The molecule has 0 bridgehead atoms. The molecule has 0 aromatic heterocycles. The molecule has 3 aliphatic rings. The van der Waals surface area contributed by atoms with E-state index in [-0.39, 0.29) is 11.8 Å². The number of hydrogen-bond acceptors (Lipinski definition) is 9. The third-order valence-corrected chi connectivity index (χ3v) is 7.54. The van der Waals surface area contributed by atoms with Crippen LogP contribution in [0.5, 0.6) is 0 Å². The predicted octanol–water partition coefficient (Wildman–Crippen LogP) is 3.49. The molecule has 1 amide bonds. The first-order valence-corrected chi connectivity index (χ1v) is 11.8. The molecule has 1 N–H and O–H groups in total. The predicted molar refractivity (Wildman–Crippen MR) is 109 cm³/mol. The lowest BCUT2D eigenvalue weighted by atomic mass is 9.92. The summed E-state index contributed by atoms with van der Waals surface area (Å²) in [6, 6.07) is 0. The second kappa shape index (κ2) is 9.78. The zero-order valence-electron chi connectivity index (χ0n) is 17.0. The lowest BCUT2D eigenvalue weighted by Crippen LogP contribution is -2.60. The zero-order chi connectivity index (χ0) is 22.0. The van der Waals surface area contributed by atoms with Crippen molar-refractivity contribution < 1.29 is 38.1 Å². The Morgan fingerprint density at radius 1 is 1.20 bits per heavy atom. The summed E-state index contributed by atoms with van der Waals surface area (Å²) in [5.74, 6) is -2.00. The number of β-lactam (4-membered cyclic amide) rings is 1. The van der Waals surface area contributed by atoms with Gasteiger partial charge >= 0.3 is 12.1 Å². The van der Waals surface area contributed by atoms with E-state index in [1.165, 1.54) is 25.7 Å². The van der Waals surface area contributed by atoms with E-state index in [0.717, 1.165) is 55.6 Å². The summed E-state index contributed by atoms with van der Waals surface area (Å²) >= 11 is 1.94. The SMILES string of the molecule is CC(OC(=O)OC1CCCCC1)OC(=O)C1=C(SC(C)F)S[C@@H]2[C@@H]([C@@H](C)O)C(=O)N12. The van der Waals surface area contributed by atoms with E-state index in [0.29, 0.717) is 4.24 Å². The number of rotatable bonds is 7. The molecular formula is C19H26FNO7S2. The summed E-state index contributed by atoms with van der Waals surface area (Å²) in [5, 5.41) is 9.32. The second-order valence-corrected chi connectivity index (χ2v) is 10.2. The van der Waals surface area contributed by atoms with E-state index in [1.54, 1.807) is 0 Å². The Balaban J connectivity index is 1.61. The molecule has 0 radical (unpaired) electrons. The maximum absolute atomic E-state index is 13.6. The molecule has 1 aliphatic carbocycles. The van der Waals surface area contributed by atoms with Crippen molar-refractivity contribution in [3.05, 3.63) is 9.93 Å². The molecule has 2 heterocycles. The second-order valence-electron chi connectivity index (χ2n) is 7.50. The lowest BCUT2D eigenvalue weighted by Gasteiger charge is -2.43. The van der Waals surface area contributed by atoms with E-state index in [1.807, 2.05) is 0 Å². The molecule has 5 atom stereocenters. The minimum Gasteiger partial charge on any atom is -0.431 e. The van der Waals surface area contributed by atoms with Crippen LogP contribution in [0, 0.1) is 5.92 Å². The number of carbonyl (C=O) groups excluding carboxylic acids is 3. The number of fused-ring (bicyclic) bond motifs is 1. The smallest absolute Gasteiger partial charge is 0.431 e. The van der Waals surface area contributed by atoms with E-state index < -0.39 is 47.2 Å². The normalized spacial score (nSPS) is 27.1. The van der Waals surface area contributed by atoms with Crippen LogP contribution in [0.4, 0.5) is 9.18 Å². The first kappa shape index (κ1) is 23.2. The van der Waals surface area contributed by atoms with Crippen LogP contribution >= 0.6 is 23.5 Å². The van der Waals surface area contributed by atoms with Crippen molar-refractivity contribution in [2.45, 2.75) is 82.3 Å². The molecule has 0 aromatic carbocycles. The Kier molecular flexibility index (Phi) is 7.56. The van der Waals surface area contributed by atoms with Crippen LogP contribution in [0.2, 0.25) is 0 Å². The number of carbonyl (C=O) groups is 3. The molecule has 11 heteroatoms. The van der Waals surface area contributed by atoms with Crippen molar-refractivity contribution in [1.82, 2.24) is 4.90 Å². The fraction of sp³-hybridized carbons (Fsp3) is 0.737. The van der Waals surface area contributed by atoms with Gasteiger partial charge in [0.25, 0.3) is 0 Å². The summed E-state index contributed by atoms with van der Waals surface area (Å²) in [6.45, 7) is 4.17. The van der Waals surface area contributed by atoms with Crippen LogP contribution in [0.3, 0.4) is 0 Å². The first-order valence-electron chi connectivity index (χ1n) is 10.00. The monoisotopic (exact) mass is 463 g/mol. The van der Waals surface area contributed by atoms with Gasteiger partial charge in [0, 0.05) is 6.92 Å². The Morgan fingerprint density at radius 3 is 2.47 bits per heavy atom. The summed E-state index contributed by atoms with van der Waals surface area (Å²) in [6.07, 6.45) is 1.37. The number of amides is 1. The fourth-order valence-electron chi connectivity index (χ4n) is 3.68. The first-order chi connectivity index (χ1) is 14.2. The fourth-order valence-corrected chi connectivity index (χ4v) is 6.51. The van der Waals surface area contributed by atoms with Gasteiger partial charge in [-0.15, -0.1) is 0 Å². The van der Waals surface area contributed by atoms with E-state index in [4.69, 9.17) is 14.2 Å². The van der Waals surface area contributed by atoms with Crippen molar-refractivity contribution >= 4 is 41.6 Å². The van der Waals surface area contributed by atoms with Crippen LogP contribution in [0.15, 0.2) is 9.93 Å². The maximum Gasteiger partial charge on any atom is 0.511 e. The molecule has 1 saturated heterocycles. The number of alkyl halides is 1. The molecule has 8 nitrogen and oxygen atoms in total. The average Bonchev–Trinajstić information content (AvgIpc) is 2.95. The molecule has 2 aliphatic heterocycles. The van der Waals surface area contributed by atoms with Gasteiger partial charge in [-0.2, -0.15) is 0 Å². The summed E-state index contributed by atoms with van der Waals surface area (Å²) in [5.41, 5.74) is -1.40. The van der Waals surface area contributed by atoms with E-state index in [2.05, 4.69) is 0 Å². The van der Waals surface area contributed by atoms with Crippen LogP contribution in [0.1, 0.15) is 52.9 Å². The maximum atomic E-state index is 13.6. The highest BCUT2D eigenvalue weighted by molar-refractivity contribution is 8.23. The van der Waals surface area contributed by atoms with Gasteiger partial charge in [-0.05, 0) is 39.5 Å². The summed E-state index contributed by atoms with van der Waals surface area (Å²) < 4.78 is 29.3. The van der Waals surface area contributed by atoms with Crippen LogP contribution in [-0.2, 0) is 23.8 Å². The van der Waals surface area contributed by atoms with Crippen molar-refractivity contribution in [2.24, 2.45) is 5.92 Å². The number of halogens is 1. The van der Waals surface area contributed by atoms with Crippen LogP contribution in [0.25, 0.3) is 0 Å². The minimum absolute atomic E-state index is 0.0857. The number of ether oxygens (including phenoxy) is 3. The van der Waals surface area contributed by atoms with Crippen LogP contribution < -0.4 is 0 Å². The number of esters is 1. The summed E-state index contributed by atoms with van der Waals surface area (Å²) in [4.78, 5) is 38.3. The average molecular weight is 464 g/mol. The highest BCUT2D eigenvalue weighted by atomic mass is 32.2. The standard InChI is InChI=1S/C19H26FNO7S2/c1-9(22)13-15(23)21-14(18(29-10(2)20)30-16(13)21)17(24)26-11(3)27-19(25)28-12-7-5-4-6-8-12/h9-13,16,22H,4-8H2,1-3H3/t9-,10?,11?,13+,16-/m1/s1. The number of aliphatic hydroxyl groups excluding tert-OH is 1. The van der Waals surface area contributed by atoms with E-state index >= 15 is 0 Å². The summed E-state index contributed by atoms with van der Waals surface area (Å²) in [7, 11) is 0. The Bertz CT molecular complexity index is 724. The van der Waals surface area contributed by atoms with Gasteiger partial charge in [0.15, 0.2) is 5.70 Å². The molecule has 2 fully saturated rings. The molecule has 0 aromatic rings. The Morgan fingerprint density at radius 2 is 1.87 bits per heavy atom. The zero-order valence-corrected chi connectivity index (χ0v) is 18.7. The topological polar surface area (TPSA) is 102 Å². The third kappa shape index (κ3) is 5.05. The van der Waals surface area contributed by atoms with Gasteiger partial charge in [0.2, 0.25) is 12.2 Å². The Hall–Kier alpha value is -1.46. The van der Waals surface area contributed by atoms with Gasteiger partial charge in [0.1, 0.15) is 17.0 Å². The van der Waals surface area contributed by atoms with Gasteiger partial charge in [-0.25, -0.2) is 14.0 Å². The molecule has 30 heavy (non-hydrogen) atoms. The number of nitrogens with zero attached hydrogens (tertiary/aromatic N) is 1. The number of thioether (sulfide) groups is 2. The van der Waals surface area contributed by atoms with Gasteiger partial charge in [0.05, 0.1) is 16.3 Å². The highest BCUT2D eigenvalue weighted by Gasteiger charge is 2.58.